The summed E-state index contributed by atoms with van der Waals surface area (Å²) < 4.78 is 0. The maximum Gasteiger partial charge on any atom is 0.254 e. The highest BCUT2D eigenvalue weighted by molar-refractivity contribution is 6.06. The highest BCUT2D eigenvalue weighted by Crippen LogP contribution is 2.52. The molecule has 100 valence electrons. The van der Waals surface area contributed by atoms with Crippen molar-refractivity contribution >= 4 is 18.0 Å². The first kappa shape index (κ1) is 11.6. The predicted octanol–water partition coefficient (Wildman–Crippen LogP) is 1.83. The standard InChI is InChI=1S/C16H14N2O2/c19-15-13-11-6-7-12(8-11)14(13)16(20)18(15)17-9-10-4-2-1-3-5-10/h1-7,9,11-14H,8H2. The van der Waals surface area contributed by atoms with Crippen LogP contribution in [0.2, 0.25) is 0 Å². The van der Waals surface area contributed by atoms with E-state index in [9.17, 15) is 9.59 Å². The SMILES string of the molecule is O=C1C2C3C=CC(C3)C2C(=O)N1N=Cc1ccccc1. The summed E-state index contributed by atoms with van der Waals surface area (Å²) in [5.41, 5.74) is 0.881. The van der Waals surface area contributed by atoms with Gasteiger partial charge in [0.25, 0.3) is 11.8 Å². The number of carbonyl (C=O) groups excluding carboxylic acids is 2. The molecule has 4 rings (SSSR count). The number of benzene rings is 1. The molecular weight excluding hydrogens is 252 g/mol. The van der Waals surface area contributed by atoms with Crippen LogP contribution in [0.1, 0.15) is 12.0 Å². The van der Waals surface area contributed by atoms with E-state index in [1.807, 2.05) is 30.3 Å². The quantitative estimate of drug-likeness (QED) is 0.466. The molecule has 1 saturated heterocycles. The zero-order valence-corrected chi connectivity index (χ0v) is 10.8. The minimum Gasteiger partial charge on any atom is -0.272 e. The van der Waals surface area contributed by atoms with Crippen LogP contribution in [0, 0.1) is 23.7 Å². The zero-order chi connectivity index (χ0) is 13.7. The van der Waals surface area contributed by atoms with Crippen molar-refractivity contribution in [3.63, 3.8) is 0 Å². The van der Waals surface area contributed by atoms with Gasteiger partial charge in [0.1, 0.15) is 0 Å². The summed E-state index contributed by atoms with van der Waals surface area (Å²) in [6.07, 6.45) is 6.69. The van der Waals surface area contributed by atoms with Crippen LogP contribution in [0.3, 0.4) is 0 Å². The number of fused-ring (bicyclic) bond motifs is 5. The fraction of sp³-hybridized carbons (Fsp3) is 0.312. The largest absolute Gasteiger partial charge is 0.272 e. The molecule has 1 saturated carbocycles. The van der Waals surface area contributed by atoms with Crippen LogP contribution in [0.15, 0.2) is 47.6 Å². The second-order valence-corrected chi connectivity index (χ2v) is 5.64. The predicted molar refractivity (Wildman–Crippen MR) is 73.6 cm³/mol. The first-order valence-corrected chi connectivity index (χ1v) is 6.91. The molecule has 4 nitrogen and oxygen atoms in total. The van der Waals surface area contributed by atoms with Crippen molar-refractivity contribution in [3.05, 3.63) is 48.0 Å². The Hall–Kier alpha value is -2.23. The lowest BCUT2D eigenvalue weighted by atomic mass is 9.85. The first-order valence-electron chi connectivity index (χ1n) is 6.91. The van der Waals surface area contributed by atoms with Gasteiger partial charge in [0.15, 0.2) is 0 Å². The van der Waals surface area contributed by atoms with Gasteiger partial charge < -0.3 is 0 Å². The van der Waals surface area contributed by atoms with Crippen molar-refractivity contribution in [2.75, 3.05) is 0 Å². The Morgan fingerprint density at radius 3 is 2.20 bits per heavy atom. The maximum atomic E-state index is 12.4. The van der Waals surface area contributed by atoms with E-state index in [1.54, 1.807) is 6.21 Å². The number of allylic oxidation sites excluding steroid dienone is 2. The highest BCUT2D eigenvalue weighted by Gasteiger charge is 2.59. The number of carbonyl (C=O) groups is 2. The van der Waals surface area contributed by atoms with Gasteiger partial charge in [-0.1, -0.05) is 42.5 Å². The molecule has 3 aliphatic rings. The fourth-order valence-corrected chi connectivity index (χ4v) is 3.66. The van der Waals surface area contributed by atoms with Gasteiger partial charge in [0, 0.05) is 0 Å². The molecule has 0 radical (unpaired) electrons. The minimum atomic E-state index is -0.176. The molecule has 4 atom stereocenters. The highest BCUT2D eigenvalue weighted by atomic mass is 16.2. The zero-order valence-electron chi connectivity index (χ0n) is 10.8. The topological polar surface area (TPSA) is 49.7 Å². The monoisotopic (exact) mass is 266 g/mol. The van der Waals surface area contributed by atoms with E-state index in [4.69, 9.17) is 0 Å². The van der Waals surface area contributed by atoms with Crippen molar-refractivity contribution in [3.8, 4) is 0 Å². The first-order chi connectivity index (χ1) is 9.75. The summed E-state index contributed by atoms with van der Waals surface area (Å²) in [6.45, 7) is 0. The van der Waals surface area contributed by atoms with Gasteiger partial charge in [0.2, 0.25) is 0 Å². The molecule has 20 heavy (non-hydrogen) atoms. The molecule has 1 aliphatic heterocycles. The van der Waals surface area contributed by atoms with Gasteiger partial charge in [-0.15, -0.1) is 0 Å². The Morgan fingerprint density at radius 2 is 1.60 bits per heavy atom. The number of nitrogens with zero attached hydrogens (tertiary/aromatic N) is 2. The Kier molecular flexibility index (Phi) is 2.39. The lowest BCUT2D eigenvalue weighted by Gasteiger charge is -2.13. The third kappa shape index (κ3) is 1.51. The van der Waals surface area contributed by atoms with E-state index in [-0.39, 0.29) is 35.5 Å². The normalized spacial score (nSPS) is 34.5. The number of hydrazone groups is 1. The second kappa shape index (κ2) is 4.13. The van der Waals surface area contributed by atoms with Crippen LogP contribution in [0.25, 0.3) is 0 Å². The van der Waals surface area contributed by atoms with Crippen LogP contribution in [-0.4, -0.2) is 23.0 Å². The Bertz CT molecular complexity index is 605. The van der Waals surface area contributed by atoms with Crippen molar-refractivity contribution in [2.45, 2.75) is 6.42 Å². The number of hydrogen-bond acceptors (Lipinski definition) is 3. The molecule has 1 aromatic rings. The number of amides is 2. The third-order valence-corrected chi connectivity index (χ3v) is 4.57. The average Bonchev–Trinajstić information content (AvgIpc) is 3.13. The Labute approximate surface area is 116 Å². The van der Waals surface area contributed by atoms with E-state index >= 15 is 0 Å². The molecule has 4 unspecified atom stereocenters. The molecule has 2 bridgehead atoms. The van der Waals surface area contributed by atoms with Gasteiger partial charge in [-0.05, 0) is 23.8 Å². The third-order valence-electron chi connectivity index (χ3n) is 4.57. The maximum absolute atomic E-state index is 12.4. The van der Waals surface area contributed by atoms with Crippen molar-refractivity contribution in [1.82, 2.24) is 5.01 Å². The van der Waals surface area contributed by atoms with Gasteiger partial charge in [0.05, 0.1) is 18.1 Å². The van der Waals surface area contributed by atoms with Crippen LogP contribution >= 0.6 is 0 Å². The minimum absolute atomic E-state index is 0.135. The molecule has 0 N–H and O–H groups in total. The van der Waals surface area contributed by atoms with E-state index in [1.165, 1.54) is 0 Å². The number of rotatable bonds is 2. The summed E-state index contributed by atoms with van der Waals surface area (Å²) in [7, 11) is 0. The fourth-order valence-electron chi connectivity index (χ4n) is 3.66. The second-order valence-electron chi connectivity index (χ2n) is 5.64. The summed E-state index contributed by atoms with van der Waals surface area (Å²) in [6, 6.07) is 9.49. The summed E-state index contributed by atoms with van der Waals surface area (Å²) in [4.78, 5) is 24.7. The molecule has 1 aromatic carbocycles. The molecular formula is C16H14N2O2. The lowest BCUT2D eigenvalue weighted by molar-refractivity contribution is -0.140. The van der Waals surface area contributed by atoms with Gasteiger partial charge >= 0.3 is 0 Å². The van der Waals surface area contributed by atoms with Crippen LogP contribution in [0.4, 0.5) is 0 Å². The van der Waals surface area contributed by atoms with E-state index in [0.717, 1.165) is 17.0 Å². The number of hydrogen-bond donors (Lipinski definition) is 0. The van der Waals surface area contributed by atoms with Crippen LogP contribution in [0.5, 0.6) is 0 Å². The summed E-state index contributed by atoms with van der Waals surface area (Å²) in [5.74, 6) is -0.152. The van der Waals surface area contributed by atoms with Crippen LogP contribution < -0.4 is 0 Å². The number of imide groups is 1. The van der Waals surface area contributed by atoms with Crippen molar-refractivity contribution < 1.29 is 9.59 Å². The van der Waals surface area contributed by atoms with Crippen molar-refractivity contribution in [1.29, 1.82) is 0 Å². The molecule has 2 amide bonds. The Balaban J connectivity index is 1.61. The smallest absolute Gasteiger partial charge is 0.254 e. The molecule has 0 aromatic heterocycles. The lowest BCUT2D eigenvalue weighted by Crippen LogP contribution is -2.28. The average molecular weight is 266 g/mol. The summed E-state index contributed by atoms with van der Waals surface area (Å²) >= 11 is 0. The van der Waals surface area contributed by atoms with E-state index in [2.05, 4.69) is 17.3 Å². The van der Waals surface area contributed by atoms with Crippen molar-refractivity contribution in [2.24, 2.45) is 28.8 Å². The van der Waals surface area contributed by atoms with Crippen LogP contribution in [-0.2, 0) is 9.59 Å². The summed E-state index contributed by atoms with van der Waals surface area (Å²) in [5, 5.41) is 5.19. The molecule has 1 heterocycles. The Morgan fingerprint density at radius 1 is 1.00 bits per heavy atom. The van der Waals surface area contributed by atoms with E-state index in [0.29, 0.717) is 0 Å². The van der Waals surface area contributed by atoms with Gasteiger partial charge in [-0.25, -0.2) is 0 Å². The molecule has 2 aliphatic carbocycles. The molecule has 0 spiro atoms. The van der Waals surface area contributed by atoms with Gasteiger partial charge in [-0.3, -0.25) is 9.59 Å². The molecule has 4 heteroatoms. The van der Waals surface area contributed by atoms with Gasteiger partial charge in [-0.2, -0.15) is 10.1 Å². The molecule has 2 fully saturated rings. The van der Waals surface area contributed by atoms with E-state index < -0.39 is 0 Å².